The van der Waals surface area contributed by atoms with Crippen LogP contribution in [0.15, 0.2) is 59.2 Å². The Balaban J connectivity index is 1.52. The highest BCUT2D eigenvalue weighted by molar-refractivity contribution is 9.10. The van der Waals surface area contributed by atoms with E-state index in [1.807, 2.05) is 30.5 Å². The van der Waals surface area contributed by atoms with Crippen LogP contribution in [0.5, 0.6) is 0 Å². The maximum atomic E-state index is 13.5. The van der Waals surface area contributed by atoms with Crippen LogP contribution in [-0.4, -0.2) is 11.5 Å². The molecule has 1 N–H and O–H groups in total. The molecule has 0 unspecified atom stereocenters. The first-order chi connectivity index (χ1) is 11.2. The smallest absolute Gasteiger partial charge is 0.126 e. The van der Waals surface area contributed by atoms with Gasteiger partial charge < -0.3 is 5.32 Å². The second kappa shape index (κ2) is 7.81. The molecule has 3 rings (SSSR count). The Morgan fingerprint density at radius 2 is 1.87 bits per heavy atom. The van der Waals surface area contributed by atoms with E-state index in [1.54, 1.807) is 17.4 Å². The van der Waals surface area contributed by atoms with E-state index >= 15 is 0 Å². The summed E-state index contributed by atoms with van der Waals surface area (Å²) in [4.78, 5) is 5.60. The fourth-order valence-electron chi connectivity index (χ4n) is 2.26. The number of nitrogens with zero attached hydrogens (tertiary/aromatic N) is 1. The third-order valence-electron chi connectivity index (χ3n) is 3.49. The van der Waals surface area contributed by atoms with E-state index in [0.717, 1.165) is 26.5 Å². The molecule has 0 fully saturated rings. The molecule has 1 heterocycles. The van der Waals surface area contributed by atoms with E-state index in [0.29, 0.717) is 13.0 Å². The van der Waals surface area contributed by atoms with Crippen LogP contribution in [0.3, 0.4) is 0 Å². The lowest BCUT2D eigenvalue weighted by atomic mass is 10.1. The molecule has 0 aliphatic heterocycles. The van der Waals surface area contributed by atoms with Crippen LogP contribution in [0.25, 0.3) is 10.4 Å². The van der Waals surface area contributed by atoms with Crippen molar-refractivity contribution < 1.29 is 4.39 Å². The molecular formula is C18H16BrFN2S. The average Bonchev–Trinajstić information content (AvgIpc) is 3.03. The lowest BCUT2D eigenvalue weighted by Crippen LogP contribution is -2.16. The zero-order valence-electron chi connectivity index (χ0n) is 12.4. The Kier molecular flexibility index (Phi) is 5.54. The third kappa shape index (κ3) is 4.47. The van der Waals surface area contributed by atoms with E-state index in [4.69, 9.17) is 0 Å². The lowest BCUT2D eigenvalue weighted by Gasteiger charge is -2.04. The molecule has 0 aliphatic rings. The number of thiazole rings is 1. The van der Waals surface area contributed by atoms with E-state index in [1.165, 1.54) is 11.6 Å². The molecule has 5 heteroatoms. The molecule has 23 heavy (non-hydrogen) atoms. The van der Waals surface area contributed by atoms with Gasteiger partial charge in [0.15, 0.2) is 0 Å². The summed E-state index contributed by atoms with van der Waals surface area (Å²) in [6.07, 6.45) is 2.58. The van der Waals surface area contributed by atoms with Gasteiger partial charge in [-0.05, 0) is 42.3 Å². The SMILES string of the molecule is Fc1ccccc1CCNCc1ncc(-c2ccc(Br)cc2)s1. The van der Waals surface area contributed by atoms with Crippen molar-refractivity contribution >= 4 is 27.3 Å². The van der Waals surface area contributed by atoms with Gasteiger partial charge in [-0.25, -0.2) is 9.37 Å². The standard InChI is InChI=1S/C18H16BrFN2S/c19-15-7-5-14(6-8-15)17-11-22-18(23-17)12-21-10-9-13-3-1-2-4-16(13)20/h1-8,11,21H,9-10,12H2. The third-order valence-corrected chi connectivity index (χ3v) is 5.06. The molecule has 1 aromatic heterocycles. The molecule has 118 valence electrons. The summed E-state index contributed by atoms with van der Waals surface area (Å²) in [5.41, 5.74) is 1.91. The molecule has 0 saturated heterocycles. The van der Waals surface area contributed by atoms with Crippen LogP contribution in [0.1, 0.15) is 10.6 Å². The van der Waals surface area contributed by atoms with Gasteiger partial charge >= 0.3 is 0 Å². The van der Waals surface area contributed by atoms with Crippen molar-refractivity contribution in [3.05, 3.63) is 75.6 Å². The van der Waals surface area contributed by atoms with Crippen LogP contribution in [0, 0.1) is 5.82 Å². The Labute approximate surface area is 147 Å². The zero-order chi connectivity index (χ0) is 16.1. The molecule has 0 radical (unpaired) electrons. The quantitative estimate of drug-likeness (QED) is 0.596. The van der Waals surface area contributed by atoms with Gasteiger partial charge in [-0.15, -0.1) is 11.3 Å². The molecule has 0 amide bonds. The number of rotatable bonds is 6. The summed E-state index contributed by atoms with van der Waals surface area (Å²) in [7, 11) is 0. The molecule has 0 saturated carbocycles. The van der Waals surface area contributed by atoms with Crippen molar-refractivity contribution in [3.8, 4) is 10.4 Å². The molecule has 2 nitrogen and oxygen atoms in total. The van der Waals surface area contributed by atoms with Crippen molar-refractivity contribution in [1.29, 1.82) is 0 Å². The predicted molar refractivity (Wildman–Crippen MR) is 97.1 cm³/mol. The minimum absolute atomic E-state index is 0.138. The van der Waals surface area contributed by atoms with Gasteiger partial charge in [0.05, 0.1) is 4.88 Å². The van der Waals surface area contributed by atoms with E-state index in [2.05, 4.69) is 38.4 Å². The number of hydrogen-bond donors (Lipinski definition) is 1. The van der Waals surface area contributed by atoms with Gasteiger partial charge in [-0.3, -0.25) is 0 Å². The van der Waals surface area contributed by atoms with Gasteiger partial charge in [0, 0.05) is 17.2 Å². The number of nitrogens with one attached hydrogen (secondary N) is 1. The fourth-order valence-corrected chi connectivity index (χ4v) is 3.42. The van der Waals surface area contributed by atoms with Crippen molar-refractivity contribution in [3.63, 3.8) is 0 Å². The number of benzene rings is 2. The highest BCUT2D eigenvalue weighted by Gasteiger charge is 2.05. The van der Waals surface area contributed by atoms with Crippen molar-refractivity contribution in [1.82, 2.24) is 10.3 Å². The second-order valence-corrected chi connectivity index (χ2v) is 7.17. The van der Waals surface area contributed by atoms with Crippen LogP contribution in [0.4, 0.5) is 4.39 Å². The average molecular weight is 391 g/mol. The van der Waals surface area contributed by atoms with Crippen LogP contribution in [-0.2, 0) is 13.0 Å². The van der Waals surface area contributed by atoms with Gasteiger partial charge in [0.2, 0.25) is 0 Å². The number of halogens is 2. The largest absolute Gasteiger partial charge is 0.310 e. The summed E-state index contributed by atoms with van der Waals surface area (Å²) in [5.74, 6) is -0.138. The van der Waals surface area contributed by atoms with Crippen LogP contribution >= 0.6 is 27.3 Å². The molecule has 0 aliphatic carbocycles. The summed E-state index contributed by atoms with van der Waals surface area (Å²) < 4.78 is 14.6. The first-order valence-electron chi connectivity index (χ1n) is 7.37. The Bertz CT molecular complexity index is 771. The van der Waals surface area contributed by atoms with Crippen molar-refractivity contribution in [2.75, 3.05) is 6.54 Å². The fraction of sp³-hybridized carbons (Fsp3) is 0.167. The first-order valence-corrected chi connectivity index (χ1v) is 8.98. The Morgan fingerprint density at radius 1 is 1.09 bits per heavy atom. The summed E-state index contributed by atoms with van der Waals surface area (Å²) in [5, 5.41) is 4.36. The van der Waals surface area contributed by atoms with E-state index in [-0.39, 0.29) is 5.82 Å². The minimum atomic E-state index is -0.138. The van der Waals surface area contributed by atoms with Gasteiger partial charge in [0.1, 0.15) is 10.8 Å². The Hall–Kier alpha value is -1.56. The van der Waals surface area contributed by atoms with Gasteiger partial charge in [-0.1, -0.05) is 46.3 Å². The van der Waals surface area contributed by atoms with E-state index in [9.17, 15) is 4.39 Å². The van der Waals surface area contributed by atoms with E-state index < -0.39 is 0 Å². The highest BCUT2D eigenvalue weighted by atomic mass is 79.9. The molecule has 0 spiro atoms. The molecule has 0 atom stereocenters. The van der Waals surface area contributed by atoms with Crippen molar-refractivity contribution in [2.45, 2.75) is 13.0 Å². The van der Waals surface area contributed by atoms with Crippen molar-refractivity contribution in [2.24, 2.45) is 0 Å². The summed E-state index contributed by atoms with van der Waals surface area (Å²) in [6, 6.07) is 15.1. The lowest BCUT2D eigenvalue weighted by molar-refractivity contribution is 0.597. The minimum Gasteiger partial charge on any atom is -0.310 e. The highest BCUT2D eigenvalue weighted by Crippen LogP contribution is 2.27. The molecule has 2 aromatic carbocycles. The normalized spacial score (nSPS) is 10.9. The zero-order valence-corrected chi connectivity index (χ0v) is 14.8. The molecule has 0 bridgehead atoms. The summed E-state index contributed by atoms with van der Waals surface area (Å²) >= 11 is 5.12. The summed E-state index contributed by atoms with van der Waals surface area (Å²) in [6.45, 7) is 1.43. The number of hydrogen-bond acceptors (Lipinski definition) is 3. The van der Waals surface area contributed by atoms with Gasteiger partial charge in [0.25, 0.3) is 0 Å². The second-order valence-electron chi connectivity index (χ2n) is 5.14. The monoisotopic (exact) mass is 390 g/mol. The Morgan fingerprint density at radius 3 is 2.65 bits per heavy atom. The van der Waals surface area contributed by atoms with Gasteiger partial charge in [-0.2, -0.15) is 0 Å². The maximum Gasteiger partial charge on any atom is 0.126 e. The van der Waals surface area contributed by atoms with Crippen LogP contribution in [0.2, 0.25) is 0 Å². The number of aromatic nitrogens is 1. The topological polar surface area (TPSA) is 24.9 Å². The van der Waals surface area contributed by atoms with Crippen LogP contribution < -0.4 is 5.32 Å². The first kappa shape index (κ1) is 16.3. The molecular weight excluding hydrogens is 375 g/mol. The maximum absolute atomic E-state index is 13.5. The predicted octanol–water partition coefficient (Wildman–Crippen LogP) is 5.04. The molecule has 3 aromatic rings.